The van der Waals surface area contributed by atoms with Gasteiger partial charge in [0.15, 0.2) is 14.6 Å². The zero-order valence-corrected chi connectivity index (χ0v) is 50.9. The van der Waals surface area contributed by atoms with E-state index < -0.39 is 105 Å². The second-order valence-electron chi connectivity index (χ2n) is 23.3. The van der Waals surface area contributed by atoms with Gasteiger partial charge in [-0.05, 0) is 59.9 Å². The van der Waals surface area contributed by atoms with Gasteiger partial charge in [0.1, 0.15) is 23.6 Å². The minimum absolute atomic E-state index is 0.0190. The number of methoxy groups -OCH3 is 1. The molecule has 1 heterocycles. The first-order valence-electron chi connectivity index (χ1n) is 25.8. The minimum atomic E-state index is -3.40. The van der Waals surface area contributed by atoms with E-state index >= 15 is 9.59 Å². The van der Waals surface area contributed by atoms with Crippen LogP contribution >= 0.6 is 0 Å². The molecule has 0 N–H and O–H groups in total. The number of ketones is 1. The van der Waals surface area contributed by atoms with Gasteiger partial charge in [-0.1, -0.05) is 122 Å². The van der Waals surface area contributed by atoms with Crippen molar-refractivity contribution in [1.29, 1.82) is 0 Å². The fourth-order valence-corrected chi connectivity index (χ4v) is 25.7. The fraction of sp³-hybridized carbons (Fsp3) is 0.788. The quantitative estimate of drug-likeness (QED) is 0.0899. The van der Waals surface area contributed by atoms with Crippen molar-refractivity contribution in [3.05, 3.63) is 47.2 Å². The van der Waals surface area contributed by atoms with Crippen molar-refractivity contribution < 1.29 is 64.3 Å². The first-order chi connectivity index (χ1) is 32.5. The smallest absolute Gasteiger partial charge is 0.508 e. The van der Waals surface area contributed by atoms with Crippen molar-refractivity contribution in [3.8, 4) is 0 Å². The first kappa shape index (κ1) is 58.6. The Labute approximate surface area is 425 Å². The summed E-state index contributed by atoms with van der Waals surface area (Å²) < 4.78 is 76.5. The molecule has 70 heavy (non-hydrogen) atoms. The van der Waals surface area contributed by atoms with E-state index in [1.165, 1.54) is 7.11 Å². The maximum absolute atomic E-state index is 17.5. The summed E-state index contributed by atoms with van der Waals surface area (Å²) in [5.41, 5.74) is -5.28. The van der Waals surface area contributed by atoms with Crippen LogP contribution in [0.15, 0.2) is 41.7 Å². The second-order valence-corrected chi connectivity index (χ2v) is 38.8. The first-order valence-corrected chi connectivity index (χ1v) is 34.5. The molecule has 2 saturated carbocycles. The third kappa shape index (κ3) is 9.35. The van der Waals surface area contributed by atoms with Crippen LogP contribution in [0.2, 0.25) is 46.3 Å². The van der Waals surface area contributed by atoms with Crippen molar-refractivity contribution in [1.82, 2.24) is 0 Å². The lowest BCUT2D eigenvalue weighted by Gasteiger charge is -2.69. The number of esters is 1. The van der Waals surface area contributed by atoms with Crippen molar-refractivity contribution >= 4 is 52.6 Å². The predicted molar refractivity (Wildman–Crippen MR) is 280 cm³/mol. The zero-order valence-electron chi connectivity index (χ0n) is 46.7. The molecule has 1 saturated heterocycles. The van der Waals surface area contributed by atoms with Crippen LogP contribution in [0.5, 0.6) is 0 Å². The molecule has 18 heteroatoms. The summed E-state index contributed by atoms with van der Waals surface area (Å²) in [6.07, 6.45) is -4.33. The van der Waals surface area contributed by atoms with Crippen molar-refractivity contribution in [2.45, 2.75) is 206 Å². The predicted octanol–water partition coefficient (Wildman–Crippen LogP) is 11.3. The number of ether oxygens (including phenoxy) is 4. The molecule has 1 aromatic rings. The lowest BCUT2D eigenvalue weighted by Crippen LogP contribution is -2.82. The highest BCUT2D eigenvalue weighted by Gasteiger charge is 2.80. The molecule has 4 aliphatic rings. The van der Waals surface area contributed by atoms with Gasteiger partial charge in [-0.2, -0.15) is 0 Å². The Balaban J connectivity index is 2.12. The topological polar surface area (TPSA) is 153 Å². The Morgan fingerprint density at radius 3 is 1.67 bits per heavy atom. The number of benzene rings is 1. The summed E-state index contributed by atoms with van der Waals surface area (Å²) in [7, 11) is -5.63. The molecule has 5 rings (SSSR count). The van der Waals surface area contributed by atoms with Crippen LogP contribution in [0.4, 0.5) is 4.79 Å². The van der Waals surface area contributed by atoms with Crippen LogP contribution in [0.3, 0.4) is 0 Å². The van der Waals surface area contributed by atoms with Crippen LogP contribution in [0, 0.1) is 22.7 Å². The fourth-order valence-electron chi connectivity index (χ4n) is 13.6. The molecule has 3 unspecified atom stereocenters. The number of fused-ring (bicyclic) bond motifs is 5. The highest BCUT2D eigenvalue weighted by Crippen LogP contribution is 2.67. The van der Waals surface area contributed by atoms with Gasteiger partial charge < -0.3 is 49.9 Å². The molecular formula is C52H90O14Si4. The monoisotopic (exact) mass is 1050 g/mol. The third-order valence-electron chi connectivity index (χ3n) is 17.1. The maximum Gasteiger partial charge on any atom is 0.508 e. The lowest BCUT2D eigenvalue weighted by atomic mass is 9.45. The molecule has 1 aromatic carbocycles. The van der Waals surface area contributed by atoms with E-state index in [0.29, 0.717) is 11.1 Å². The molecule has 0 aromatic heterocycles. The number of Topliss-reactive ketones (excluding diaryl/α,β-unsaturated/α-hetero) is 1. The third-order valence-corrected chi connectivity index (χ3v) is 31.4. The Morgan fingerprint density at radius 1 is 0.743 bits per heavy atom. The van der Waals surface area contributed by atoms with E-state index in [4.69, 9.17) is 49.9 Å². The van der Waals surface area contributed by atoms with Crippen LogP contribution in [0.25, 0.3) is 0 Å². The van der Waals surface area contributed by atoms with Crippen LogP contribution in [-0.4, -0.2) is 123 Å². The highest BCUT2D eigenvalue weighted by atomic mass is 28.4. The molecule has 9 atom stereocenters. The van der Waals surface area contributed by atoms with Gasteiger partial charge >= 0.3 is 37.8 Å². The zero-order chi connectivity index (χ0) is 52.9. The molecule has 14 nitrogen and oxygen atoms in total. The summed E-state index contributed by atoms with van der Waals surface area (Å²) in [5.74, 6) is -2.50. The molecule has 0 spiro atoms. The average molecular weight is 1050 g/mol. The van der Waals surface area contributed by atoms with E-state index in [9.17, 15) is 4.79 Å². The van der Waals surface area contributed by atoms with Gasteiger partial charge in [-0.15, -0.1) is 0 Å². The Kier molecular flexibility index (Phi) is 18.0. The van der Waals surface area contributed by atoms with E-state index in [-0.39, 0.29) is 64.2 Å². The van der Waals surface area contributed by atoms with Crippen LogP contribution in [0.1, 0.15) is 134 Å². The Bertz CT molecular complexity index is 2020. The molecule has 398 valence electrons. The molecule has 2 bridgehead atoms. The molecule has 0 radical (unpaired) electrons. The molecule has 1 aliphatic heterocycles. The van der Waals surface area contributed by atoms with E-state index in [0.717, 1.165) is 0 Å². The summed E-state index contributed by atoms with van der Waals surface area (Å²) in [4.78, 5) is 46.7. The molecule has 3 aliphatic carbocycles. The minimum Gasteiger partial charge on any atom is -0.517 e. The van der Waals surface area contributed by atoms with Crippen LogP contribution in [-0.2, 0) is 54.7 Å². The second kappa shape index (κ2) is 21.5. The van der Waals surface area contributed by atoms with E-state index in [2.05, 4.69) is 117 Å². The number of hydrogen-bond donors (Lipinski definition) is 0. The van der Waals surface area contributed by atoms with Crippen molar-refractivity contribution in [2.24, 2.45) is 22.7 Å². The largest absolute Gasteiger partial charge is 0.517 e. The van der Waals surface area contributed by atoms with Crippen molar-refractivity contribution in [2.75, 3.05) is 35.0 Å². The number of allylic oxidation sites excluding steroid dienone is 1. The van der Waals surface area contributed by atoms with E-state index in [1.807, 2.05) is 13.0 Å². The van der Waals surface area contributed by atoms with Crippen LogP contribution < -0.4 is 0 Å². The van der Waals surface area contributed by atoms with Gasteiger partial charge in [-0.25, -0.2) is 9.59 Å². The Morgan fingerprint density at radius 2 is 1.24 bits per heavy atom. The standard InChI is InChI=1S/C52H90O14Si4/c1-31(2)68(57-18,32(3)4)63-39-29-52(66-67(21)22)46(61-47(54)38-26-24-23-25-27-38)44-50(16,45(53)43(42(37(39)13)49(52,14)15)65-70(59-20,35(9)10)36(11)12)40(64-69(58-19,33(5)6)34(7)8)28-41-51(44,30-60-41)62-48(55)56-17/h23-27,31-37,39-41,44,46,67H,28-30H2,1-22H3/t37?,39-,40-,41?,44?,46-,50+,51-,52+/m0/s1. The van der Waals surface area contributed by atoms with Gasteiger partial charge in [0.2, 0.25) is 5.78 Å². The molecule has 3 fully saturated rings. The SMILES string of the molecule is COC(=O)O[C@@]12COC1C[C@H](O[Si](OC)(C(C)C)C(C)C)[C@@]1(C)C(=O)C(O[Si](OC)(C(C)C)C(C)C)=C3C(C)[C@@H](O[Si](OC)(C(C)C)C(C)C)C[C@@](O[SiH](C)C)([C@@H](OC(=O)c4ccccc4)C21)C3(C)C. The summed E-state index contributed by atoms with van der Waals surface area (Å²) in [6.45, 7) is 37.5. The summed E-state index contributed by atoms with van der Waals surface area (Å²) >= 11 is 0. The van der Waals surface area contributed by atoms with Gasteiger partial charge in [0.05, 0.1) is 42.8 Å². The lowest BCUT2D eigenvalue weighted by molar-refractivity contribution is -0.341. The van der Waals surface area contributed by atoms with Gasteiger partial charge in [0, 0.05) is 56.6 Å². The molecular weight excluding hydrogens is 961 g/mol. The number of carbonyl (C=O) groups excluding carboxylic acids is 3. The maximum atomic E-state index is 17.5. The normalized spacial score (nSPS) is 30.4. The summed E-state index contributed by atoms with van der Waals surface area (Å²) in [5, 5.41) is 0. The van der Waals surface area contributed by atoms with E-state index in [1.54, 1.807) is 45.6 Å². The average Bonchev–Trinajstić information content (AvgIpc) is 3.28. The van der Waals surface area contributed by atoms with Crippen molar-refractivity contribution in [3.63, 3.8) is 0 Å². The highest BCUT2D eigenvalue weighted by molar-refractivity contribution is 6.71. The Hall–Kier alpha value is -2.24. The van der Waals surface area contributed by atoms with Gasteiger partial charge in [0.25, 0.3) is 0 Å². The number of carbonyl (C=O) groups is 3. The molecule has 0 amide bonds. The number of hydrogen-bond acceptors (Lipinski definition) is 14. The number of rotatable bonds is 20. The van der Waals surface area contributed by atoms with Gasteiger partial charge in [-0.3, -0.25) is 4.79 Å². The summed E-state index contributed by atoms with van der Waals surface area (Å²) in [6, 6.07) is 8.83.